The van der Waals surface area contributed by atoms with Gasteiger partial charge in [-0.1, -0.05) is 70.2 Å². The van der Waals surface area contributed by atoms with Crippen molar-refractivity contribution in [1.82, 2.24) is 0 Å². The molecule has 1 nitrogen and oxygen atoms in total. The molecule has 22 heavy (non-hydrogen) atoms. The molecule has 0 bridgehead atoms. The lowest BCUT2D eigenvalue weighted by Gasteiger charge is -2.35. The predicted octanol–water partition coefficient (Wildman–Crippen LogP) is 4.80. The second-order valence-electron chi connectivity index (χ2n) is 7.03. The third kappa shape index (κ3) is 1.49. The van der Waals surface area contributed by atoms with Crippen molar-refractivity contribution in [3.63, 3.8) is 0 Å². The zero-order chi connectivity index (χ0) is 15.5. The molecule has 0 saturated heterocycles. The highest BCUT2D eigenvalue weighted by atomic mass is 28.3. The number of fused-ring (bicyclic) bond motifs is 5. The molecule has 4 rings (SSSR count). The quantitative estimate of drug-likeness (QED) is 0.620. The van der Waals surface area contributed by atoms with Crippen molar-refractivity contribution < 1.29 is 4.42 Å². The molecule has 1 aromatic heterocycles. The lowest BCUT2D eigenvalue weighted by atomic mass is 10.1. The molecule has 1 aliphatic heterocycles. The van der Waals surface area contributed by atoms with Crippen LogP contribution in [0.4, 0.5) is 0 Å². The molecule has 1 aliphatic rings. The fraction of sp³-hybridized carbons (Fsp3) is 0.300. The van der Waals surface area contributed by atoms with Crippen LogP contribution < -0.4 is 10.6 Å². The van der Waals surface area contributed by atoms with Gasteiger partial charge in [0.25, 0.3) is 0 Å². The fourth-order valence-corrected chi connectivity index (χ4v) is 10.5. The second kappa shape index (κ2) is 4.59. The van der Waals surface area contributed by atoms with Crippen molar-refractivity contribution in [2.45, 2.75) is 38.8 Å². The van der Waals surface area contributed by atoms with Crippen LogP contribution in [0.5, 0.6) is 0 Å². The zero-order valence-corrected chi connectivity index (χ0v) is 14.7. The molecule has 0 fully saturated rings. The van der Waals surface area contributed by atoms with Crippen LogP contribution in [-0.4, -0.2) is 8.07 Å². The van der Waals surface area contributed by atoms with Gasteiger partial charge in [-0.05, 0) is 27.9 Å². The molecule has 0 spiro atoms. The second-order valence-corrected chi connectivity index (χ2v) is 12.1. The molecule has 2 heterocycles. The Morgan fingerprint density at radius 2 is 1.45 bits per heavy atom. The van der Waals surface area contributed by atoms with E-state index in [0.717, 1.165) is 5.58 Å². The Bertz CT molecular complexity index is 849. The average molecular weight is 306 g/mol. The van der Waals surface area contributed by atoms with E-state index in [1.165, 1.54) is 21.9 Å². The minimum atomic E-state index is -1.88. The van der Waals surface area contributed by atoms with E-state index in [2.05, 4.69) is 76.2 Å². The van der Waals surface area contributed by atoms with Crippen molar-refractivity contribution >= 4 is 29.6 Å². The standard InChI is InChI=1S/C20H22OSi/c1-13(2)22(14(3)4)18-12-8-6-10-16(18)19-15-9-5-7-11-17(15)21-20(19)22/h5-14H,1-4H3. The summed E-state index contributed by atoms with van der Waals surface area (Å²) in [5.74, 6) is 0. The number of hydrogen-bond donors (Lipinski definition) is 0. The molecular weight excluding hydrogens is 284 g/mol. The van der Waals surface area contributed by atoms with Gasteiger partial charge in [-0.3, -0.25) is 0 Å². The summed E-state index contributed by atoms with van der Waals surface area (Å²) in [6, 6.07) is 17.5. The summed E-state index contributed by atoms with van der Waals surface area (Å²) in [6.45, 7) is 9.52. The zero-order valence-electron chi connectivity index (χ0n) is 13.7. The first kappa shape index (κ1) is 13.8. The van der Waals surface area contributed by atoms with Gasteiger partial charge in [0.15, 0.2) is 8.07 Å². The van der Waals surface area contributed by atoms with Gasteiger partial charge in [0, 0.05) is 10.9 Å². The van der Waals surface area contributed by atoms with Crippen molar-refractivity contribution in [1.29, 1.82) is 0 Å². The maximum atomic E-state index is 6.49. The van der Waals surface area contributed by atoms with Crippen molar-refractivity contribution in [2.24, 2.45) is 0 Å². The van der Waals surface area contributed by atoms with Crippen LogP contribution in [0.3, 0.4) is 0 Å². The molecule has 0 saturated carbocycles. The van der Waals surface area contributed by atoms with Gasteiger partial charge in [0.05, 0.1) is 5.38 Å². The Morgan fingerprint density at radius 3 is 2.18 bits per heavy atom. The maximum absolute atomic E-state index is 6.49. The van der Waals surface area contributed by atoms with E-state index in [0.29, 0.717) is 11.1 Å². The van der Waals surface area contributed by atoms with Crippen LogP contribution >= 0.6 is 0 Å². The number of furan rings is 1. The van der Waals surface area contributed by atoms with Crippen LogP contribution in [0.1, 0.15) is 27.7 Å². The monoisotopic (exact) mass is 306 g/mol. The van der Waals surface area contributed by atoms with E-state index in [9.17, 15) is 0 Å². The van der Waals surface area contributed by atoms with Crippen LogP contribution in [0.25, 0.3) is 22.1 Å². The van der Waals surface area contributed by atoms with Gasteiger partial charge >= 0.3 is 0 Å². The molecule has 0 radical (unpaired) electrons. The summed E-state index contributed by atoms with van der Waals surface area (Å²) < 4.78 is 6.49. The Morgan fingerprint density at radius 1 is 0.818 bits per heavy atom. The summed E-state index contributed by atoms with van der Waals surface area (Å²) in [4.78, 5) is 0. The van der Waals surface area contributed by atoms with Crippen LogP contribution in [-0.2, 0) is 0 Å². The van der Waals surface area contributed by atoms with E-state index in [-0.39, 0.29) is 0 Å². The first-order chi connectivity index (χ1) is 10.6. The molecule has 112 valence electrons. The van der Waals surface area contributed by atoms with Crippen LogP contribution in [0.15, 0.2) is 52.9 Å². The van der Waals surface area contributed by atoms with Gasteiger partial charge in [0.2, 0.25) is 0 Å². The van der Waals surface area contributed by atoms with E-state index in [4.69, 9.17) is 4.42 Å². The highest BCUT2D eigenvalue weighted by Crippen LogP contribution is 2.44. The lowest BCUT2D eigenvalue weighted by molar-refractivity contribution is 0.644. The smallest absolute Gasteiger partial charge is 0.169 e. The molecule has 0 aliphatic carbocycles. The number of para-hydroxylation sites is 1. The summed E-state index contributed by atoms with van der Waals surface area (Å²) in [6.07, 6.45) is 0. The third-order valence-electron chi connectivity index (χ3n) is 5.43. The fourth-order valence-electron chi connectivity index (χ4n) is 4.60. The molecule has 2 heteroatoms. The summed E-state index contributed by atoms with van der Waals surface area (Å²) in [5.41, 5.74) is 5.07. The van der Waals surface area contributed by atoms with E-state index in [1.54, 1.807) is 5.19 Å². The largest absolute Gasteiger partial charge is 0.465 e. The SMILES string of the molecule is CC(C)[Si]1(C(C)C)c2ccccc2-c2c1oc1ccccc21. The Kier molecular flexibility index (Phi) is 2.89. The number of rotatable bonds is 2. The molecular formula is C20H22OSi. The molecule has 0 atom stereocenters. The van der Waals surface area contributed by atoms with Gasteiger partial charge in [-0.25, -0.2) is 0 Å². The Hall–Kier alpha value is -1.80. The lowest BCUT2D eigenvalue weighted by Crippen LogP contribution is -2.59. The minimum Gasteiger partial charge on any atom is -0.465 e. The van der Waals surface area contributed by atoms with E-state index in [1.807, 2.05) is 0 Å². The summed E-state index contributed by atoms with van der Waals surface area (Å²) >= 11 is 0. The molecule has 2 aromatic carbocycles. The maximum Gasteiger partial charge on any atom is 0.169 e. The molecule has 0 amide bonds. The van der Waals surface area contributed by atoms with Gasteiger partial charge in [-0.15, -0.1) is 0 Å². The predicted molar refractivity (Wildman–Crippen MR) is 96.9 cm³/mol. The van der Waals surface area contributed by atoms with Crippen molar-refractivity contribution in [3.8, 4) is 11.1 Å². The molecule has 3 aromatic rings. The highest BCUT2D eigenvalue weighted by molar-refractivity contribution is 7.06. The Labute approximate surface area is 133 Å². The van der Waals surface area contributed by atoms with Crippen LogP contribution in [0.2, 0.25) is 11.1 Å². The first-order valence-corrected chi connectivity index (χ1v) is 10.4. The topological polar surface area (TPSA) is 13.1 Å². The van der Waals surface area contributed by atoms with E-state index < -0.39 is 8.07 Å². The van der Waals surface area contributed by atoms with Crippen LogP contribution in [0, 0.1) is 0 Å². The van der Waals surface area contributed by atoms with Gasteiger partial charge < -0.3 is 4.42 Å². The summed E-state index contributed by atoms with van der Waals surface area (Å²) in [7, 11) is -1.88. The van der Waals surface area contributed by atoms with Crippen molar-refractivity contribution in [3.05, 3.63) is 48.5 Å². The average Bonchev–Trinajstić information content (AvgIpc) is 2.99. The van der Waals surface area contributed by atoms with Crippen molar-refractivity contribution in [2.75, 3.05) is 0 Å². The molecule has 0 N–H and O–H groups in total. The highest BCUT2D eigenvalue weighted by Gasteiger charge is 2.53. The van der Waals surface area contributed by atoms with E-state index >= 15 is 0 Å². The normalized spacial score (nSPS) is 15.5. The third-order valence-corrected chi connectivity index (χ3v) is 11.5. The number of benzene rings is 2. The Balaban J connectivity index is 2.20. The van der Waals surface area contributed by atoms with Gasteiger partial charge in [-0.2, -0.15) is 0 Å². The molecule has 0 unspecified atom stereocenters. The number of hydrogen-bond acceptors (Lipinski definition) is 1. The van der Waals surface area contributed by atoms with Gasteiger partial charge in [0.1, 0.15) is 5.58 Å². The minimum absolute atomic E-state index is 0.621. The first-order valence-electron chi connectivity index (χ1n) is 8.20. The summed E-state index contributed by atoms with van der Waals surface area (Å²) in [5, 5.41) is 4.15.